The van der Waals surface area contributed by atoms with Crippen molar-refractivity contribution >= 4 is 11.6 Å². The van der Waals surface area contributed by atoms with Crippen LogP contribution in [0.15, 0.2) is 15.7 Å². The molecule has 1 aromatic heterocycles. The van der Waals surface area contributed by atoms with Crippen molar-refractivity contribution in [1.29, 1.82) is 0 Å². The lowest BCUT2D eigenvalue weighted by molar-refractivity contribution is 0.402. The summed E-state index contributed by atoms with van der Waals surface area (Å²) in [5.74, 6) is 0.687. The molecule has 0 spiro atoms. The molecule has 1 fully saturated rings. The summed E-state index contributed by atoms with van der Waals surface area (Å²) < 4.78 is 1.30. The van der Waals surface area contributed by atoms with Crippen LogP contribution in [0.25, 0.3) is 0 Å². The Morgan fingerprint density at radius 3 is 2.75 bits per heavy atom. The van der Waals surface area contributed by atoms with Gasteiger partial charge < -0.3 is 0 Å². The van der Waals surface area contributed by atoms with Crippen molar-refractivity contribution in [2.75, 3.05) is 0 Å². The van der Waals surface area contributed by atoms with E-state index in [1.54, 1.807) is 0 Å². The van der Waals surface area contributed by atoms with E-state index in [9.17, 15) is 9.59 Å². The third-order valence-corrected chi connectivity index (χ3v) is 3.28. The molecule has 0 aromatic carbocycles. The molecule has 4 nitrogen and oxygen atoms in total. The Balaban J connectivity index is 2.36. The molecular weight excluding hydrogens is 228 g/mol. The maximum atomic E-state index is 11.7. The van der Waals surface area contributed by atoms with Crippen LogP contribution < -0.4 is 11.2 Å². The number of halogens is 1. The van der Waals surface area contributed by atoms with Gasteiger partial charge in [-0.15, -0.1) is 0 Å². The SMILES string of the molecule is CCC(CC1CC1)n1c(=O)cc(Cl)[nH]c1=O. The third-order valence-electron chi connectivity index (χ3n) is 3.07. The molecule has 0 amide bonds. The Labute approximate surface area is 98.3 Å². The topological polar surface area (TPSA) is 54.9 Å². The lowest BCUT2D eigenvalue weighted by atomic mass is 10.1. The quantitative estimate of drug-likeness (QED) is 0.821. The molecule has 5 heteroatoms. The third kappa shape index (κ3) is 2.38. The normalized spacial score (nSPS) is 17.4. The maximum Gasteiger partial charge on any atom is 0.329 e. The van der Waals surface area contributed by atoms with Crippen LogP contribution in [0, 0.1) is 5.92 Å². The summed E-state index contributed by atoms with van der Waals surface area (Å²) in [6, 6.07) is 1.26. The first kappa shape index (κ1) is 11.5. The Kier molecular flexibility index (Phi) is 3.19. The fourth-order valence-electron chi connectivity index (χ4n) is 2.02. The van der Waals surface area contributed by atoms with Gasteiger partial charge in [-0.1, -0.05) is 31.4 Å². The lowest BCUT2D eigenvalue weighted by Crippen LogP contribution is -2.37. The first-order valence-electron chi connectivity index (χ1n) is 5.63. The molecule has 0 radical (unpaired) electrons. The van der Waals surface area contributed by atoms with Gasteiger partial charge in [0.05, 0.1) is 0 Å². The van der Waals surface area contributed by atoms with Gasteiger partial charge in [0.2, 0.25) is 0 Å². The molecule has 88 valence electrons. The van der Waals surface area contributed by atoms with E-state index in [2.05, 4.69) is 4.98 Å². The molecule has 1 aromatic rings. The second kappa shape index (κ2) is 4.45. The van der Waals surface area contributed by atoms with Gasteiger partial charge >= 0.3 is 5.69 Å². The van der Waals surface area contributed by atoms with Gasteiger partial charge in [0.25, 0.3) is 5.56 Å². The highest BCUT2D eigenvalue weighted by atomic mass is 35.5. The van der Waals surface area contributed by atoms with E-state index in [1.807, 2.05) is 6.92 Å². The van der Waals surface area contributed by atoms with E-state index in [0.29, 0.717) is 5.92 Å². The second-order valence-corrected chi connectivity index (χ2v) is 4.78. The highest BCUT2D eigenvalue weighted by Gasteiger charge is 2.26. The van der Waals surface area contributed by atoms with Gasteiger partial charge in [-0.2, -0.15) is 0 Å². The van der Waals surface area contributed by atoms with E-state index in [-0.39, 0.29) is 16.8 Å². The maximum absolute atomic E-state index is 11.7. The van der Waals surface area contributed by atoms with Crippen LogP contribution in [0.5, 0.6) is 0 Å². The zero-order valence-electron chi connectivity index (χ0n) is 9.20. The molecule has 0 saturated heterocycles. The number of rotatable bonds is 4. The van der Waals surface area contributed by atoms with Crippen molar-refractivity contribution in [2.24, 2.45) is 5.92 Å². The minimum Gasteiger partial charge on any atom is -0.298 e. The van der Waals surface area contributed by atoms with Crippen LogP contribution in [-0.2, 0) is 0 Å². The summed E-state index contributed by atoms with van der Waals surface area (Å²) in [5, 5.41) is 0.104. The van der Waals surface area contributed by atoms with Gasteiger partial charge in [0, 0.05) is 12.1 Å². The zero-order valence-corrected chi connectivity index (χ0v) is 9.96. The average Bonchev–Trinajstić information content (AvgIpc) is 2.98. The molecule has 1 N–H and O–H groups in total. The van der Waals surface area contributed by atoms with Gasteiger partial charge in [0.15, 0.2) is 0 Å². The standard InChI is InChI=1S/C11H15ClN2O2/c1-2-8(5-7-3-4-7)14-10(15)6-9(12)13-11(14)16/h6-8H,2-5H2,1H3,(H,13,16). The summed E-state index contributed by atoms with van der Waals surface area (Å²) >= 11 is 5.62. The number of aromatic amines is 1. The number of hydrogen-bond acceptors (Lipinski definition) is 2. The molecule has 2 rings (SSSR count). The number of nitrogens with one attached hydrogen (secondary N) is 1. The number of H-pyrrole nitrogens is 1. The highest BCUT2D eigenvalue weighted by molar-refractivity contribution is 6.29. The Hall–Kier alpha value is -1.03. The number of aromatic nitrogens is 2. The van der Waals surface area contributed by atoms with Crippen molar-refractivity contribution in [3.8, 4) is 0 Å². The molecule has 1 saturated carbocycles. The largest absolute Gasteiger partial charge is 0.329 e. The van der Waals surface area contributed by atoms with Gasteiger partial charge in [-0.25, -0.2) is 4.79 Å². The lowest BCUT2D eigenvalue weighted by Gasteiger charge is -2.16. The Bertz CT molecular complexity index is 456. The van der Waals surface area contributed by atoms with E-state index < -0.39 is 5.69 Å². The summed E-state index contributed by atoms with van der Waals surface area (Å²) in [6.07, 6.45) is 4.15. The van der Waals surface area contributed by atoms with E-state index in [1.165, 1.54) is 23.5 Å². The van der Waals surface area contributed by atoms with Crippen LogP contribution >= 0.6 is 11.6 Å². The fourth-order valence-corrected chi connectivity index (χ4v) is 2.19. The molecule has 16 heavy (non-hydrogen) atoms. The predicted molar refractivity (Wildman–Crippen MR) is 63.0 cm³/mol. The summed E-state index contributed by atoms with van der Waals surface area (Å²) in [4.78, 5) is 25.9. The molecule has 0 aliphatic heterocycles. The first-order chi connectivity index (χ1) is 7.61. The van der Waals surface area contributed by atoms with E-state index in [0.717, 1.165) is 12.8 Å². The zero-order chi connectivity index (χ0) is 11.7. The molecule has 1 aliphatic rings. The van der Waals surface area contributed by atoms with E-state index in [4.69, 9.17) is 11.6 Å². The van der Waals surface area contributed by atoms with Crippen molar-refractivity contribution in [3.63, 3.8) is 0 Å². The highest BCUT2D eigenvalue weighted by Crippen LogP contribution is 2.37. The molecule has 1 atom stereocenters. The van der Waals surface area contributed by atoms with E-state index >= 15 is 0 Å². The van der Waals surface area contributed by atoms with Gasteiger partial charge in [-0.3, -0.25) is 14.3 Å². The predicted octanol–water partition coefficient (Wildman–Crippen LogP) is 1.94. The monoisotopic (exact) mass is 242 g/mol. The van der Waals surface area contributed by atoms with Crippen molar-refractivity contribution in [2.45, 2.75) is 38.6 Å². The molecule has 1 aliphatic carbocycles. The molecular formula is C11H15ClN2O2. The number of hydrogen-bond donors (Lipinski definition) is 1. The second-order valence-electron chi connectivity index (χ2n) is 4.37. The molecule has 1 heterocycles. The average molecular weight is 243 g/mol. The van der Waals surface area contributed by atoms with Crippen LogP contribution in [0.2, 0.25) is 5.15 Å². The minimum absolute atomic E-state index is 0.000941. The van der Waals surface area contributed by atoms with Crippen LogP contribution in [0.1, 0.15) is 38.6 Å². The van der Waals surface area contributed by atoms with Crippen molar-refractivity contribution < 1.29 is 0 Å². The van der Waals surface area contributed by atoms with Crippen molar-refractivity contribution in [1.82, 2.24) is 9.55 Å². The fraction of sp³-hybridized carbons (Fsp3) is 0.636. The summed E-state index contributed by atoms with van der Waals surface area (Å²) in [5.41, 5.74) is -0.703. The summed E-state index contributed by atoms with van der Waals surface area (Å²) in [6.45, 7) is 1.99. The van der Waals surface area contributed by atoms with Crippen LogP contribution in [-0.4, -0.2) is 9.55 Å². The van der Waals surface area contributed by atoms with Crippen LogP contribution in [0.4, 0.5) is 0 Å². The number of nitrogens with zero attached hydrogens (tertiary/aromatic N) is 1. The Morgan fingerprint density at radius 1 is 1.56 bits per heavy atom. The van der Waals surface area contributed by atoms with Gasteiger partial charge in [0.1, 0.15) is 5.15 Å². The van der Waals surface area contributed by atoms with Crippen LogP contribution in [0.3, 0.4) is 0 Å². The summed E-state index contributed by atoms with van der Waals surface area (Å²) in [7, 11) is 0. The minimum atomic E-state index is -0.398. The first-order valence-corrected chi connectivity index (χ1v) is 6.01. The van der Waals surface area contributed by atoms with Gasteiger partial charge in [-0.05, 0) is 18.8 Å². The van der Waals surface area contributed by atoms with Crippen molar-refractivity contribution in [3.05, 3.63) is 32.1 Å². The molecule has 0 bridgehead atoms. The molecule has 1 unspecified atom stereocenters. The Morgan fingerprint density at radius 2 is 2.25 bits per heavy atom. The smallest absolute Gasteiger partial charge is 0.298 e.